The fourth-order valence-electron chi connectivity index (χ4n) is 2.71. The Morgan fingerprint density at radius 2 is 2.08 bits per heavy atom. The molecule has 2 heterocycles. The third-order valence-electron chi connectivity index (χ3n) is 4.41. The first-order valence-electron chi connectivity index (χ1n) is 8.79. The molecule has 0 bridgehead atoms. The molecule has 2 rings (SSSR count). The van der Waals surface area contributed by atoms with Crippen LogP contribution in [0, 0.1) is 13.8 Å². The van der Waals surface area contributed by atoms with Gasteiger partial charge in [-0.15, -0.1) is 0 Å². The Balaban J connectivity index is 2.18. The number of rotatable bonds is 7. The lowest BCUT2D eigenvalue weighted by atomic mass is 10.00. The molecule has 4 nitrogen and oxygen atoms in total. The van der Waals surface area contributed by atoms with Crippen LogP contribution in [-0.4, -0.2) is 21.9 Å². The molecule has 134 valence electrons. The van der Waals surface area contributed by atoms with Crippen LogP contribution in [0.2, 0.25) is 5.15 Å². The molecular weight excluding hydrogens is 334 g/mol. The molecule has 0 aliphatic carbocycles. The second kappa shape index (κ2) is 8.95. The van der Waals surface area contributed by atoms with E-state index >= 15 is 0 Å². The van der Waals surface area contributed by atoms with Crippen molar-refractivity contribution in [2.45, 2.75) is 59.4 Å². The number of aromatic nitrogens is 2. The van der Waals surface area contributed by atoms with Gasteiger partial charge in [-0.05, 0) is 62.4 Å². The number of nitrogens with zero attached hydrogens (tertiary/aromatic N) is 2. The second-order valence-corrected chi connectivity index (χ2v) is 6.95. The number of nitrogens with one attached hydrogen (secondary N) is 1. The third kappa shape index (κ3) is 5.53. The van der Waals surface area contributed by atoms with E-state index in [4.69, 9.17) is 11.6 Å². The van der Waals surface area contributed by atoms with Crippen molar-refractivity contribution < 1.29 is 4.79 Å². The fraction of sp³-hybridized carbons (Fsp3) is 0.450. The SMILES string of the molecule is CCCC[C@@H](C)NC(=O)c1cc(Cc2ccc(Cl)nc2)c(C)c(C)n1. The average molecular weight is 360 g/mol. The highest BCUT2D eigenvalue weighted by molar-refractivity contribution is 6.29. The summed E-state index contributed by atoms with van der Waals surface area (Å²) >= 11 is 5.85. The highest BCUT2D eigenvalue weighted by atomic mass is 35.5. The maximum Gasteiger partial charge on any atom is 0.270 e. The molecule has 25 heavy (non-hydrogen) atoms. The van der Waals surface area contributed by atoms with Gasteiger partial charge in [0.2, 0.25) is 0 Å². The van der Waals surface area contributed by atoms with Crippen LogP contribution in [-0.2, 0) is 6.42 Å². The van der Waals surface area contributed by atoms with Crippen molar-refractivity contribution in [1.29, 1.82) is 0 Å². The van der Waals surface area contributed by atoms with E-state index in [1.54, 1.807) is 12.3 Å². The van der Waals surface area contributed by atoms with E-state index in [2.05, 4.69) is 22.2 Å². The molecule has 1 atom stereocenters. The van der Waals surface area contributed by atoms with Crippen LogP contribution >= 0.6 is 11.6 Å². The predicted octanol–water partition coefficient (Wildman–Crippen LogP) is 4.65. The third-order valence-corrected chi connectivity index (χ3v) is 4.63. The molecular formula is C20H26ClN3O. The number of carbonyl (C=O) groups excluding carboxylic acids is 1. The first-order chi connectivity index (χ1) is 11.9. The molecule has 1 amide bonds. The van der Waals surface area contributed by atoms with Crippen LogP contribution in [0.1, 0.15) is 66.0 Å². The molecule has 0 aliphatic heterocycles. The Bertz CT molecular complexity index is 728. The van der Waals surface area contributed by atoms with Crippen LogP contribution in [0.4, 0.5) is 0 Å². The van der Waals surface area contributed by atoms with Crippen LogP contribution in [0.25, 0.3) is 0 Å². The number of hydrogen-bond donors (Lipinski definition) is 1. The number of hydrogen-bond acceptors (Lipinski definition) is 3. The highest BCUT2D eigenvalue weighted by Crippen LogP contribution is 2.18. The van der Waals surface area contributed by atoms with Crippen LogP contribution < -0.4 is 5.32 Å². The van der Waals surface area contributed by atoms with Gasteiger partial charge in [0.25, 0.3) is 5.91 Å². The molecule has 0 saturated carbocycles. The van der Waals surface area contributed by atoms with Crippen molar-refractivity contribution in [2.24, 2.45) is 0 Å². The monoisotopic (exact) mass is 359 g/mol. The average Bonchev–Trinajstić information content (AvgIpc) is 2.58. The normalized spacial score (nSPS) is 12.0. The number of pyridine rings is 2. The topological polar surface area (TPSA) is 54.9 Å². The summed E-state index contributed by atoms with van der Waals surface area (Å²) in [7, 11) is 0. The molecule has 0 spiro atoms. The van der Waals surface area contributed by atoms with Gasteiger partial charge in [0.05, 0.1) is 0 Å². The second-order valence-electron chi connectivity index (χ2n) is 6.56. The van der Waals surface area contributed by atoms with Crippen molar-refractivity contribution >= 4 is 17.5 Å². The lowest BCUT2D eigenvalue weighted by molar-refractivity contribution is 0.0932. The molecule has 0 unspecified atom stereocenters. The van der Waals surface area contributed by atoms with Gasteiger partial charge in [0.1, 0.15) is 10.8 Å². The first kappa shape index (κ1) is 19.4. The summed E-state index contributed by atoms with van der Waals surface area (Å²) in [6.45, 7) is 8.16. The van der Waals surface area contributed by atoms with Crippen molar-refractivity contribution in [3.8, 4) is 0 Å². The van der Waals surface area contributed by atoms with Crippen LogP contribution in [0.5, 0.6) is 0 Å². The largest absolute Gasteiger partial charge is 0.348 e. The Morgan fingerprint density at radius 3 is 2.72 bits per heavy atom. The smallest absolute Gasteiger partial charge is 0.270 e. The summed E-state index contributed by atoms with van der Waals surface area (Å²) < 4.78 is 0. The van der Waals surface area contributed by atoms with Crippen molar-refractivity contribution in [3.05, 3.63) is 57.6 Å². The Morgan fingerprint density at radius 1 is 1.32 bits per heavy atom. The highest BCUT2D eigenvalue weighted by Gasteiger charge is 2.15. The lowest BCUT2D eigenvalue weighted by Gasteiger charge is -2.15. The zero-order valence-electron chi connectivity index (χ0n) is 15.4. The number of carbonyl (C=O) groups is 1. The minimum atomic E-state index is -0.109. The summed E-state index contributed by atoms with van der Waals surface area (Å²) in [5.74, 6) is -0.109. The van der Waals surface area contributed by atoms with Crippen molar-refractivity contribution in [1.82, 2.24) is 15.3 Å². The Hall–Kier alpha value is -1.94. The van der Waals surface area contributed by atoms with E-state index in [9.17, 15) is 4.79 Å². The maximum atomic E-state index is 12.5. The summed E-state index contributed by atoms with van der Waals surface area (Å²) in [5, 5.41) is 3.52. The first-order valence-corrected chi connectivity index (χ1v) is 9.17. The minimum absolute atomic E-state index is 0.109. The van der Waals surface area contributed by atoms with Gasteiger partial charge in [0, 0.05) is 17.9 Å². The van der Waals surface area contributed by atoms with E-state index < -0.39 is 0 Å². The molecule has 0 aliphatic rings. The number of amides is 1. The van der Waals surface area contributed by atoms with Gasteiger partial charge in [0.15, 0.2) is 0 Å². The van der Waals surface area contributed by atoms with Crippen LogP contribution in [0.3, 0.4) is 0 Å². The molecule has 0 saturated heterocycles. The van der Waals surface area contributed by atoms with Crippen molar-refractivity contribution in [2.75, 3.05) is 0 Å². The van der Waals surface area contributed by atoms with Gasteiger partial charge >= 0.3 is 0 Å². The van der Waals surface area contributed by atoms with E-state index in [0.29, 0.717) is 17.3 Å². The van der Waals surface area contributed by atoms with Crippen LogP contribution in [0.15, 0.2) is 24.4 Å². The maximum absolute atomic E-state index is 12.5. The molecule has 5 heteroatoms. The zero-order valence-corrected chi connectivity index (χ0v) is 16.2. The van der Waals surface area contributed by atoms with Gasteiger partial charge in [-0.1, -0.05) is 37.4 Å². The lowest BCUT2D eigenvalue weighted by Crippen LogP contribution is -2.33. The zero-order chi connectivity index (χ0) is 18.4. The molecule has 0 fully saturated rings. The number of unbranched alkanes of at least 4 members (excludes halogenated alkanes) is 1. The van der Waals surface area contributed by atoms with Gasteiger partial charge in [-0.3, -0.25) is 4.79 Å². The van der Waals surface area contributed by atoms with E-state index in [0.717, 1.165) is 41.6 Å². The summed E-state index contributed by atoms with van der Waals surface area (Å²) in [6.07, 6.45) is 5.68. The minimum Gasteiger partial charge on any atom is -0.348 e. The molecule has 0 radical (unpaired) electrons. The van der Waals surface area contributed by atoms with E-state index in [-0.39, 0.29) is 11.9 Å². The quantitative estimate of drug-likeness (QED) is 0.732. The molecule has 1 N–H and O–H groups in total. The summed E-state index contributed by atoms with van der Waals surface area (Å²) in [6, 6.07) is 5.78. The molecule has 2 aromatic rings. The van der Waals surface area contributed by atoms with Gasteiger partial charge in [-0.2, -0.15) is 0 Å². The fourth-order valence-corrected chi connectivity index (χ4v) is 2.83. The number of halogens is 1. The van der Waals surface area contributed by atoms with Gasteiger partial charge < -0.3 is 5.32 Å². The molecule has 2 aromatic heterocycles. The van der Waals surface area contributed by atoms with E-state index in [1.807, 2.05) is 32.9 Å². The number of aryl methyl sites for hydroxylation is 1. The standard InChI is InChI=1S/C20H26ClN3O/c1-5-6-7-13(2)23-20(25)18-11-17(14(3)15(4)24-18)10-16-8-9-19(21)22-12-16/h8-9,11-13H,5-7,10H2,1-4H3,(H,23,25)/t13-/m1/s1. The Kier molecular flexibility index (Phi) is 6.94. The summed E-state index contributed by atoms with van der Waals surface area (Å²) in [5.41, 5.74) is 4.60. The van der Waals surface area contributed by atoms with Gasteiger partial charge in [-0.25, -0.2) is 9.97 Å². The summed E-state index contributed by atoms with van der Waals surface area (Å²) in [4.78, 5) is 21.1. The van der Waals surface area contributed by atoms with E-state index in [1.165, 1.54) is 0 Å². The Labute approximate surface area is 155 Å². The van der Waals surface area contributed by atoms with Crippen molar-refractivity contribution in [3.63, 3.8) is 0 Å². The predicted molar refractivity (Wildman–Crippen MR) is 102 cm³/mol. The molecule has 0 aromatic carbocycles.